The number of aliphatic carboxylic acids is 1. The molecule has 0 fully saturated rings. The van der Waals surface area contributed by atoms with E-state index in [1.165, 1.54) is 20.1 Å². The second-order valence-corrected chi connectivity index (χ2v) is 5.67. The lowest BCUT2D eigenvalue weighted by Crippen LogP contribution is -2.24. The maximum atomic E-state index is 11.2. The molecular weight excluding hydrogens is 334 g/mol. The Morgan fingerprint density at radius 2 is 1.88 bits per heavy atom. The van der Waals surface area contributed by atoms with Gasteiger partial charge in [-0.05, 0) is 41.8 Å². The molecule has 0 aliphatic heterocycles. The van der Waals surface area contributed by atoms with Crippen molar-refractivity contribution >= 4 is 18.0 Å². The molecule has 2 aromatic carbocycles. The van der Waals surface area contributed by atoms with Gasteiger partial charge in [0.15, 0.2) is 11.5 Å². The number of rotatable bonds is 7. The normalized spacial score (nSPS) is 11.0. The van der Waals surface area contributed by atoms with Crippen molar-refractivity contribution in [3.8, 4) is 11.5 Å². The molecule has 0 atom stereocenters. The molecule has 0 spiro atoms. The van der Waals surface area contributed by atoms with Crippen molar-refractivity contribution < 1.29 is 24.2 Å². The summed E-state index contributed by atoms with van der Waals surface area (Å²) >= 11 is 0. The number of carbonyl (C=O) groups excluding carboxylic acids is 1. The number of hydrogen-bond donors (Lipinski definition) is 2. The number of carbonyl (C=O) groups is 2. The topological polar surface area (TPSA) is 84.9 Å². The molecule has 0 radical (unpaired) electrons. The first kappa shape index (κ1) is 19.1. The van der Waals surface area contributed by atoms with Crippen LogP contribution in [0.3, 0.4) is 0 Å². The van der Waals surface area contributed by atoms with Crippen molar-refractivity contribution in [1.29, 1.82) is 0 Å². The summed E-state index contributed by atoms with van der Waals surface area (Å²) in [6.45, 7) is 3.66. The Kier molecular flexibility index (Phi) is 6.38. The number of aryl methyl sites for hydroxylation is 1. The summed E-state index contributed by atoms with van der Waals surface area (Å²) in [6.07, 6.45) is 1.36. The average molecular weight is 355 g/mol. The summed E-state index contributed by atoms with van der Waals surface area (Å²) in [5.41, 5.74) is 2.55. The molecule has 6 heteroatoms. The molecule has 2 N–H and O–H groups in total. The molecule has 0 aromatic heterocycles. The third-order valence-electron chi connectivity index (χ3n) is 3.68. The van der Waals surface area contributed by atoms with Crippen LogP contribution in [0.25, 0.3) is 6.08 Å². The predicted octanol–water partition coefficient (Wildman–Crippen LogP) is 3.14. The number of ether oxygens (including phenoxy) is 2. The molecule has 0 bridgehead atoms. The number of hydrogen-bond acceptors (Lipinski definition) is 4. The van der Waals surface area contributed by atoms with E-state index in [9.17, 15) is 9.59 Å². The maximum Gasteiger partial charge on any atom is 0.352 e. The Morgan fingerprint density at radius 3 is 2.50 bits per heavy atom. The molecule has 136 valence electrons. The van der Waals surface area contributed by atoms with Gasteiger partial charge in [0.2, 0.25) is 5.91 Å². The quantitative estimate of drug-likeness (QED) is 0.745. The van der Waals surface area contributed by atoms with E-state index < -0.39 is 11.9 Å². The SMILES string of the molecule is COc1cc(/C=C(/NC(C)=O)C(=O)O)ccc1OCc1ccccc1C. The minimum absolute atomic E-state index is 0.215. The van der Waals surface area contributed by atoms with Gasteiger partial charge in [-0.1, -0.05) is 30.3 Å². The highest BCUT2D eigenvalue weighted by Crippen LogP contribution is 2.29. The Hall–Kier alpha value is -3.28. The fourth-order valence-corrected chi connectivity index (χ4v) is 2.33. The highest BCUT2D eigenvalue weighted by molar-refractivity contribution is 5.96. The van der Waals surface area contributed by atoms with E-state index >= 15 is 0 Å². The molecule has 1 amide bonds. The van der Waals surface area contributed by atoms with Gasteiger partial charge in [0.1, 0.15) is 12.3 Å². The van der Waals surface area contributed by atoms with Gasteiger partial charge in [0.05, 0.1) is 7.11 Å². The highest BCUT2D eigenvalue weighted by Gasteiger charge is 2.11. The number of benzene rings is 2. The second kappa shape index (κ2) is 8.71. The molecule has 6 nitrogen and oxygen atoms in total. The summed E-state index contributed by atoms with van der Waals surface area (Å²) in [5, 5.41) is 11.4. The molecule has 0 saturated heterocycles. The van der Waals surface area contributed by atoms with Crippen LogP contribution in [-0.2, 0) is 16.2 Å². The summed E-state index contributed by atoms with van der Waals surface area (Å²) in [7, 11) is 1.51. The monoisotopic (exact) mass is 355 g/mol. The lowest BCUT2D eigenvalue weighted by molar-refractivity contribution is -0.134. The number of amides is 1. The van der Waals surface area contributed by atoms with Crippen LogP contribution in [-0.4, -0.2) is 24.1 Å². The lowest BCUT2D eigenvalue weighted by Gasteiger charge is -2.13. The van der Waals surface area contributed by atoms with Gasteiger partial charge in [-0.15, -0.1) is 0 Å². The van der Waals surface area contributed by atoms with E-state index in [0.717, 1.165) is 11.1 Å². The zero-order chi connectivity index (χ0) is 19.1. The number of carboxylic acid groups (broad SMARTS) is 1. The Bertz CT molecular complexity index is 842. The smallest absolute Gasteiger partial charge is 0.352 e. The zero-order valence-electron chi connectivity index (χ0n) is 14.9. The Balaban J connectivity index is 2.22. The molecule has 0 aliphatic rings. The summed E-state index contributed by atoms with van der Waals surface area (Å²) < 4.78 is 11.2. The van der Waals surface area contributed by atoms with E-state index in [4.69, 9.17) is 14.6 Å². The van der Waals surface area contributed by atoms with E-state index in [1.807, 2.05) is 31.2 Å². The fraction of sp³-hybridized carbons (Fsp3) is 0.200. The lowest BCUT2D eigenvalue weighted by atomic mass is 10.1. The molecule has 0 unspecified atom stereocenters. The fourth-order valence-electron chi connectivity index (χ4n) is 2.33. The first-order valence-corrected chi connectivity index (χ1v) is 7.98. The predicted molar refractivity (Wildman–Crippen MR) is 97.9 cm³/mol. The minimum atomic E-state index is -1.22. The van der Waals surface area contributed by atoms with Crippen molar-refractivity contribution in [1.82, 2.24) is 5.32 Å². The zero-order valence-corrected chi connectivity index (χ0v) is 14.9. The first-order chi connectivity index (χ1) is 12.4. The molecule has 0 aliphatic carbocycles. The van der Waals surface area contributed by atoms with Crippen LogP contribution in [0.1, 0.15) is 23.6 Å². The summed E-state index contributed by atoms with van der Waals surface area (Å²) in [6, 6.07) is 13.0. The first-order valence-electron chi connectivity index (χ1n) is 7.98. The minimum Gasteiger partial charge on any atom is -0.493 e. The van der Waals surface area contributed by atoms with Gasteiger partial charge in [-0.2, -0.15) is 0 Å². The van der Waals surface area contributed by atoms with Crippen molar-refractivity contribution in [2.24, 2.45) is 0 Å². The van der Waals surface area contributed by atoms with Crippen molar-refractivity contribution in [3.05, 3.63) is 64.9 Å². The van der Waals surface area contributed by atoms with Crippen LogP contribution >= 0.6 is 0 Å². The van der Waals surface area contributed by atoms with Gasteiger partial charge in [-0.25, -0.2) is 4.79 Å². The van der Waals surface area contributed by atoms with Crippen molar-refractivity contribution in [2.75, 3.05) is 7.11 Å². The van der Waals surface area contributed by atoms with Crippen LogP contribution in [0, 0.1) is 6.92 Å². The van der Waals surface area contributed by atoms with Crippen molar-refractivity contribution in [3.63, 3.8) is 0 Å². The molecule has 0 saturated carbocycles. The third-order valence-corrected chi connectivity index (χ3v) is 3.68. The molecule has 26 heavy (non-hydrogen) atoms. The summed E-state index contributed by atoms with van der Waals surface area (Å²) in [4.78, 5) is 22.3. The van der Waals surface area contributed by atoms with Gasteiger partial charge in [-0.3, -0.25) is 4.79 Å². The van der Waals surface area contributed by atoms with Crippen LogP contribution in [0.2, 0.25) is 0 Å². The van der Waals surface area contributed by atoms with Gasteiger partial charge in [0, 0.05) is 6.92 Å². The third kappa shape index (κ3) is 5.11. The van der Waals surface area contributed by atoms with E-state index in [1.54, 1.807) is 18.2 Å². The molecule has 2 aromatic rings. The Morgan fingerprint density at radius 1 is 1.15 bits per heavy atom. The maximum absolute atomic E-state index is 11.2. The molecular formula is C20H21NO5. The van der Waals surface area contributed by atoms with Crippen LogP contribution < -0.4 is 14.8 Å². The summed E-state index contributed by atoms with van der Waals surface area (Å²) in [5.74, 6) is -0.660. The second-order valence-electron chi connectivity index (χ2n) is 5.67. The average Bonchev–Trinajstić information content (AvgIpc) is 2.60. The molecule has 0 heterocycles. The largest absolute Gasteiger partial charge is 0.493 e. The highest BCUT2D eigenvalue weighted by atomic mass is 16.5. The van der Waals surface area contributed by atoms with Gasteiger partial charge < -0.3 is 19.9 Å². The molecule has 2 rings (SSSR count). The van der Waals surface area contributed by atoms with Crippen LogP contribution in [0.15, 0.2) is 48.2 Å². The van der Waals surface area contributed by atoms with E-state index in [0.29, 0.717) is 23.7 Å². The van der Waals surface area contributed by atoms with Crippen LogP contribution in [0.5, 0.6) is 11.5 Å². The van der Waals surface area contributed by atoms with Crippen LogP contribution in [0.4, 0.5) is 0 Å². The van der Waals surface area contributed by atoms with E-state index in [2.05, 4.69) is 5.32 Å². The number of carboxylic acids is 1. The van der Waals surface area contributed by atoms with Gasteiger partial charge in [0.25, 0.3) is 0 Å². The van der Waals surface area contributed by atoms with Gasteiger partial charge >= 0.3 is 5.97 Å². The number of methoxy groups -OCH3 is 1. The standard InChI is InChI=1S/C20H21NO5/c1-13-6-4-5-7-16(13)12-26-18-9-8-15(11-19(18)25-3)10-17(20(23)24)21-14(2)22/h4-11H,12H2,1-3H3,(H,21,22)(H,23,24)/b17-10+. The number of nitrogens with one attached hydrogen (secondary N) is 1. The van der Waals surface area contributed by atoms with E-state index in [-0.39, 0.29) is 5.70 Å². The van der Waals surface area contributed by atoms with Crippen molar-refractivity contribution in [2.45, 2.75) is 20.5 Å². The Labute approximate surface area is 152 Å².